The fourth-order valence-corrected chi connectivity index (χ4v) is 4.49. The van der Waals surface area contributed by atoms with Gasteiger partial charge in [-0.05, 0) is 16.8 Å². The van der Waals surface area contributed by atoms with E-state index in [0.717, 1.165) is 21.0 Å². The van der Waals surface area contributed by atoms with Crippen LogP contribution in [-0.2, 0) is 0 Å². The molecule has 3 aromatic carbocycles. The zero-order chi connectivity index (χ0) is 14.7. The van der Waals surface area contributed by atoms with Gasteiger partial charge in [0.25, 0.3) is 5.56 Å². The van der Waals surface area contributed by atoms with E-state index in [4.69, 9.17) is 0 Å². The molecule has 2 aromatic heterocycles. The average molecular weight is 301 g/mol. The summed E-state index contributed by atoms with van der Waals surface area (Å²) in [6.07, 6.45) is 0. The summed E-state index contributed by atoms with van der Waals surface area (Å²) in [5.41, 5.74) is 0.895. The number of pyridine rings is 1. The van der Waals surface area contributed by atoms with Crippen molar-refractivity contribution < 1.29 is 0 Å². The quantitative estimate of drug-likeness (QED) is 0.426. The van der Waals surface area contributed by atoms with Gasteiger partial charge in [-0.3, -0.25) is 4.79 Å². The number of nitrogens with one attached hydrogen (secondary N) is 1. The summed E-state index contributed by atoms with van der Waals surface area (Å²) >= 11 is 1.59. The first-order valence-corrected chi connectivity index (χ1v) is 7.99. The van der Waals surface area contributed by atoms with Crippen LogP contribution in [0.1, 0.15) is 0 Å². The van der Waals surface area contributed by atoms with Crippen molar-refractivity contribution in [1.29, 1.82) is 0 Å². The summed E-state index contributed by atoms with van der Waals surface area (Å²) in [7, 11) is 0. The highest BCUT2D eigenvalue weighted by atomic mass is 32.1. The summed E-state index contributed by atoms with van der Waals surface area (Å²) in [4.78, 5) is 15.4. The zero-order valence-electron chi connectivity index (χ0n) is 11.6. The minimum absolute atomic E-state index is 0.000943. The molecule has 22 heavy (non-hydrogen) atoms. The van der Waals surface area contributed by atoms with Crippen molar-refractivity contribution in [2.45, 2.75) is 0 Å². The second-order valence-electron chi connectivity index (χ2n) is 5.47. The Morgan fingerprint density at radius 3 is 2.41 bits per heavy atom. The van der Waals surface area contributed by atoms with E-state index in [9.17, 15) is 4.79 Å². The number of H-pyrrole nitrogens is 1. The normalized spacial score (nSPS) is 11.8. The van der Waals surface area contributed by atoms with E-state index in [0.29, 0.717) is 0 Å². The maximum absolute atomic E-state index is 12.5. The molecule has 0 amide bonds. The van der Waals surface area contributed by atoms with Crippen LogP contribution in [0.4, 0.5) is 0 Å². The molecule has 0 saturated carbocycles. The Balaban J connectivity index is 2.16. The Morgan fingerprint density at radius 2 is 1.50 bits per heavy atom. The molecule has 0 aliphatic rings. The molecule has 104 valence electrons. The summed E-state index contributed by atoms with van der Waals surface area (Å²) < 4.78 is 2.00. The van der Waals surface area contributed by atoms with Crippen LogP contribution < -0.4 is 5.56 Å². The highest BCUT2D eigenvalue weighted by Crippen LogP contribution is 2.39. The van der Waals surface area contributed by atoms with Crippen LogP contribution in [0.15, 0.2) is 65.5 Å². The molecule has 0 spiro atoms. The fourth-order valence-electron chi connectivity index (χ4n) is 3.24. The monoisotopic (exact) mass is 301 g/mol. The maximum atomic E-state index is 12.5. The van der Waals surface area contributed by atoms with Gasteiger partial charge in [-0.1, -0.05) is 54.6 Å². The molecule has 0 fully saturated rings. The van der Waals surface area contributed by atoms with Gasteiger partial charge < -0.3 is 4.98 Å². The SMILES string of the molecule is O=c1[nH]c2ccccc2c2c1sc1c3ccccc3ccc12. The maximum Gasteiger partial charge on any atom is 0.266 e. The predicted molar refractivity (Wildman–Crippen MR) is 95.0 cm³/mol. The van der Waals surface area contributed by atoms with Gasteiger partial charge in [0.2, 0.25) is 0 Å². The summed E-state index contributed by atoms with van der Waals surface area (Å²) in [6, 6.07) is 20.6. The number of benzene rings is 3. The third kappa shape index (κ3) is 1.46. The Morgan fingerprint density at radius 1 is 0.727 bits per heavy atom. The van der Waals surface area contributed by atoms with Crippen molar-refractivity contribution >= 4 is 53.2 Å². The lowest BCUT2D eigenvalue weighted by Gasteiger charge is -2.01. The van der Waals surface area contributed by atoms with Crippen LogP contribution in [-0.4, -0.2) is 4.98 Å². The van der Waals surface area contributed by atoms with Gasteiger partial charge in [0.05, 0.1) is 0 Å². The third-order valence-electron chi connectivity index (χ3n) is 4.23. The van der Waals surface area contributed by atoms with Gasteiger partial charge >= 0.3 is 0 Å². The smallest absolute Gasteiger partial charge is 0.266 e. The van der Waals surface area contributed by atoms with Crippen LogP contribution in [0.2, 0.25) is 0 Å². The average Bonchev–Trinajstić information content (AvgIpc) is 2.96. The van der Waals surface area contributed by atoms with Crippen LogP contribution in [0, 0.1) is 0 Å². The van der Waals surface area contributed by atoms with E-state index in [1.165, 1.54) is 20.9 Å². The molecular formula is C19H11NOS. The van der Waals surface area contributed by atoms with Gasteiger partial charge in [-0.25, -0.2) is 0 Å². The zero-order valence-corrected chi connectivity index (χ0v) is 12.4. The lowest BCUT2D eigenvalue weighted by molar-refractivity contribution is 1.36. The number of hydrogen-bond donors (Lipinski definition) is 1. The van der Waals surface area contributed by atoms with Crippen LogP contribution >= 0.6 is 11.3 Å². The third-order valence-corrected chi connectivity index (χ3v) is 5.47. The Bertz CT molecular complexity index is 1250. The first-order valence-electron chi connectivity index (χ1n) is 7.18. The minimum Gasteiger partial charge on any atom is -0.321 e. The van der Waals surface area contributed by atoms with Crippen molar-refractivity contribution in [3.05, 3.63) is 71.0 Å². The van der Waals surface area contributed by atoms with Gasteiger partial charge in [0.15, 0.2) is 0 Å². The van der Waals surface area contributed by atoms with Crippen molar-refractivity contribution in [2.24, 2.45) is 0 Å². The lowest BCUT2D eigenvalue weighted by atomic mass is 10.0. The number of fused-ring (bicyclic) bond motifs is 7. The molecular weight excluding hydrogens is 290 g/mol. The Labute approximate surface area is 129 Å². The molecule has 2 nitrogen and oxygen atoms in total. The number of para-hydroxylation sites is 1. The van der Waals surface area contributed by atoms with Crippen LogP contribution in [0.3, 0.4) is 0 Å². The van der Waals surface area contributed by atoms with Crippen molar-refractivity contribution in [2.75, 3.05) is 0 Å². The first-order chi connectivity index (χ1) is 10.8. The lowest BCUT2D eigenvalue weighted by Crippen LogP contribution is -2.03. The molecule has 0 radical (unpaired) electrons. The molecule has 0 aliphatic carbocycles. The fraction of sp³-hybridized carbons (Fsp3) is 0. The van der Waals surface area contributed by atoms with Gasteiger partial charge in [0, 0.05) is 26.4 Å². The van der Waals surface area contributed by atoms with Crippen molar-refractivity contribution in [3.63, 3.8) is 0 Å². The van der Waals surface area contributed by atoms with Crippen molar-refractivity contribution in [3.8, 4) is 0 Å². The highest BCUT2D eigenvalue weighted by molar-refractivity contribution is 7.26. The number of thiophene rings is 1. The summed E-state index contributed by atoms with van der Waals surface area (Å²) in [6.45, 7) is 0. The molecule has 0 unspecified atom stereocenters. The van der Waals surface area contributed by atoms with Crippen LogP contribution in [0.5, 0.6) is 0 Å². The summed E-state index contributed by atoms with van der Waals surface area (Å²) in [5, 5.41) is 5.77. The summed E-state index contributed by atoms with van der Waals surface area (Å²) in [5.74, 6) is 0. The molecule has 5 aromatic rings. The molecule has 5 rings (SSSR count). The Kier molecular flexibility index (Phi) is 2.27. The second kappa shape index (κ2) is 4.18. The van der Waals surface area contributed by atoms with Gasteiger partial charge in [-0.2, -0.15) is 0 Å². The van der Waals surface area contributed by atoms with E-state index in [-0.39, 0.29) is 5.56 Å². The molecule has 0 saturated heterocycles. The van der Waals surface area contributed by atoms with Crippen molar-refractivity contribution in [1.82, 2.24) is 4.98 Å². The molecule has 1 N–H and O–H groups in total. The van der Waals surface area contributed by atoms with E-state index in [1.807, 2.05) is 24.3 Å². The van der Waals surface area contributed by atoms with E-state index >= 15 is 0 Å². The van der Waals surface area contributed by atoms with Crippen LogP contribution in [0.25, 0.3) is 41.8 Å². The Hall–Kier alpha value is -2.65. The molecule has 0 bridgehead atoms. The second-order valence-corrected chi connectivity index (χ2v) is 6.49. The molecule has 0 aliphatic heterocycles. The first kappa shape index (κ1) is 12.0. The number of hydrogen-bond acceptors (Lipinski definition) is 2. The number of aromatic amines is 1. The molecule has 2 heterocycles. The van der Waals surface area contributed by atoms with E-state index in [1.54, 1.807) is 11.3 Å². The predicted octanol–water partition coefficient (Wildman–Crippen LogP) is 5.05. The minimum atomic E-state index is -0.000943. The van der Waals surface area contributed by atoms with E-state index < -0.39 is 0 Å². The number of aromatic nitrogens is 1. The largest absolute Gasteiger partial charge is 0.321 e. The van der Waals surface area contributed by atoms with Gasteiger partial charge in [0.1, 0.15) is 4.70 Å². The van der Waals surface area contributed by atoms with E-state index in [2.05, 4.69) is 41.4 Å². The topological polar surface area (TPSA) is 32.9 Å². The molecule has 3 heteroatoms. The standard InChI is InChI=1S/C19H11NOS/c21-19-18-16(13-7-3-4-8-15(13)20-19)14-10-9-11-5-1-2-6-12(11)17(14)22-18/h1-10H,(H,20,21). The highest BCUT2D eigenvalue weighted by Gasteiger charge is 2.13. The number of rotatable bonds is 0. The molecule has 0 atom stereocenters. The van der Waals surface area contributed by atoms with Gasteiger partial charge in [-0.15, -0.1) is 11.3 Å².